The van der Waals surface area contributed by atoms with Gasteiger partial charge in [-0.2, -0.15) is 5.26 Å². The molecule has 0 fully saturated rings. The number of carbonyl (C=O) groups excluding carboxylic acids is 1. The number of rotatable bonds is 7. The van der Waals surface area contributed by atoms with Gasteiger partial charge in [0.2, 0.25) is 10.0 Å². The molecule has 0 saturated heterocycles. The van der Waals surface area contributed by atoms with Crippen LogP contribution in [-0.4, -0.2) is 30.3 Å². The van der Waals surface area contributed by atoms with Gasteiger partial charge in [0.25, 0.3) is 0 Å². The number of sulfonamides is 1. The number of nitriles is 1. The summed E-state index contributed by atoms with van der Waals surface area (Å²) < 4.78 is 33.4. The zero-order valence-electron chi connectivity index (χ0n) is 14.2. The maximum atomic E-state index is 12.1. The molecule has 2 heterocycles. The summed E-state index contributed by atoms with van der Waals surface area (Å²) in [6.07, 6.45) is 3.69. The largest absolute Gasteiger partial charge is 0.456 e. The van der Waals surface area contributed by atoms with E-state index in [0.717, 1.165) is 5.65 Å². The highest BCUT2D eigenvalue weighted by Gasteiger charge is 2.15. The van der Waals surface area contributed by atoms with Gasteiger partial charge >= 0.3 is 5.97 Å². The standard InChI is InChI=1S/C18H16N4O4S/c19-9-3-10-20-27(24,25)16-7-5-14(6-8-16)18(23)26-13-15-12-22-11-2-1-4-17(22)21-15/h1-2,4-8,11-12,20H,3,10,13H2. The molecule has 0 atom stereocenters. The number of aromatic nitrogens is 2. The van der Waals surface area contributed by atoms with Crippen molar-refractivity contribution in [3.8, 4) is 6.07 Å². The maximum absolute atomic E-state index is 12.1. The fraction of sp³-hybridized carbons (Fsp3) is 0.167. The number of benzene rings is 1. The van der Waals surface area contributed by atoms with Gasteiger partial charge in [-0.05, 0) is 36.4 Å². The van der Waals surface area contributed by atoms with E-state index in [1.54, 1.807) is 6.20 Å². The van der Waals surface area contributed by atoms with E-state index in [9.17, 15) is 13.2 Å². The molecule has 9 heteroatoms. The Hall–Kier alpha value is -3.22. The zero-order chi connectivity index (χ0) is 19.3. The van der Waals surface area contributed by atoms with Crippen molar-refractivity contribution >= 4 is 21.6 Å². The normalized spacial score (nSPS) is 11.2. The first kappa shape index (κ1) is 18.6. The topological polar surface area (TPSA) is 114 Å². The Morgan fingerprint density at radius 1 is 1.22 bits per heavy atom. The molecule has 1 aromatic carbocycles. The molecular formula is C18H16N4O4S. The number of hydrogen-bond donors (Lipinski definition) is 1. The van der Waals surface area contributed by atoms with Crippen molar-refractivity contribution in [3.05, 3.63) is 66.1 Å². The van der Waals surface area contributed by atoms with Crippen molar-refractivity contribution in [1.82, 2.24) is 14.1 Å². The van der Waals surface area contributed by atoms with E-state index in [1.165, 1.54) is 24.3 Å². The number of esters is 1. The number of ether oxygens (including phenoxy) is 1. The number of hydrogen-bond acceptors (Lipinski definition) is 6. The van der Waals surface area contributed by atoms with E-state index in [1.807, 2.05) is 34.9 Å². The Kier molecular flexibility index (Phi) is 5.49. The first-order valence-corrected chi connectivity index (χ1v) is 9.54. The highest BCUT2D eigenvalue weighted by molar-refractivity contribution is 7.89. The van der Waals surface area contributed by atoms with Gasteiger partial charge in [0.15, 0.2) is 0 Å². The van der Waals surface area contributed by atoms with Crippen LogP contribution in [0.2, 0.25) is 0 Å². The summed E-state index contributed by atoms with van der Waals surface area (Å²) in [6, 6.07) is 12.8. The first-order valence-electron chi connectivity index (χ1n) is 8.06. The van der Waals surface area contributed by atoms with Gasteiger partial charge in [-0.1, -0.05) is 6.07 Å². The fourth-order valence-corrected chi connectivity index (χ4v) is 3.41. The predicted octanol–water partition coefficient (Wildman–Crippen LogP) is 1.88. The monoisotopic (exact) mass is 384 g/mol. The zero-order valence-corrected chi connectivity index (χ0v) is 15.0. The second-order valence-corrected chi connectivity index (χ2v) is 7.37. The van der Waals surface area contributed by atoms with Crippen LogP contribution < -0.4 is 4.72 Å². The van der Waals surface area contributed by atoms with Crippen LogP contribution in [0.15, 0.2) is 59.8 Å². The van der Waals surface area contributed by atoms with Crippen LogP contribution in [0.4, 0.5) is 0 Å². The molecule has 3 aromatic rings. The Bertz CT molecular complexity index is 1070. The third-order valence-corrected chi connectivity index (χ3v) is 5.17. The van der Waals surface area contributed by atoms with Crippen LogP contribution >= 0.6 is 0 Å². The molecule has 2 aromatic heterocycles. The van der Waals surface area contributed by atoms with Crippen molar-refractivity contribution in [2.75, 3.05) is 6.54 Å². The number of nitrogens with one attached hydrogen (secondary N) is 1. The van der Waals surface area contributed by atoms with Crippen LogP contribution in [0.1, 0.15) is 22.5 Å². The molecule has 0 aliphatic carbocycles. The number of carbonyl (C=O) groups is 1. The number of imidazole rings is 1. The van der Waals surface area contributed by atoms with E-state index in [2.05, 4.69) is 9.71 Å². The Labute approximate surface area is 156 Å². The highest BCUT2D eigenvalue weighted by Crippen LogP contribution is 2.13. The van der Waals surface area contributed by atoms with Crippen molar-refractivity contribution < 1.29 is 17.9 Å². The Balaban J connectivity index is 1.62. The average molecular weight is 384 g/mol. The molecule has 3 rings (SSSR count). The lowest BCUT2D eigenvalue weighted by Crippen LogP contribution is -2.24. The summed E-state index contributed by atoms with van der Waals surface area (Å²) in [5.41, 5.74) is 1.59. The van der Waals surface area contributed by atoms with Gasteiger partial charge in [0, 0.05) is 25.4 Å². The third-order valence-electron chi connectivity index (χ3n) is 3.69. The summed E-state index contributed by atoms with van der Waals surface area (Å²) >= 11 is 0. The van der Waals surface area contributed by atoms with Gasteiger partial charge in [-0.25, -0.2) is 22.9 Å². The first-order chi connectivity index (χ1) is 13.0. The minimum absolute atomic E-state index is 0.0102. The lowest BCUT2D eigenvalue weighted by molar-refractivity contribution is 0.0468. The molecule has 0 aliphatic rings. The summed E-state index contributed by atoms with van der Waals surface area (Å²) in [5.74, 6) is -0.576. The molecule has 27 heavy (non-hydrogen) atoms. The molecule has 0 bridgehead atoms. The molecule has 1 N–H and O–H groups in total. The van der Waals surface area contributed by atoms with Gasteiger partial charge < -0.3 is 9.14 Å². The summed E-state index contributed by atoms with van der Waals surface area (Å²) in [5, 5.41) is 8.46. The number of fused-ring (bicyclic) bond motifs is 1. The number of pyridine rings is 1. The average Bonchev–Trinajstić information content (AvgIpc) is 3.09. The van der Waals surface area contributed by atoms with E-state index in [4.69, 9.17) is 10.00 Å². The van der Waals surface area contributed by atoms with E-state index >= 15 is 0 Å². The molecule has 0 saturated carbocycles. The van der Waals surface area contributed by atoms with Gasteiger partial charge in [-0.3, -0.25) is 0 Å². The maximum Gasteiger partial charge on any atom is 0.338 e. The van der Waals surface area contributed by atoms with Gasteiger partial charge in [0.05, 0.1) is 22.2 Å². The lowest BCUT2D eigenvalue weighted by Gasteiger charge is -2.06. The Morgan fingerprint density at radius 2 is 2.00 bits per heavy atom. The smallest absolute Gasteiger partial charge is 0.338 e. The van der Waals surface area contributed by atoms with Crippen LogP contribution in [0.25, 0.3) is 5.65 Å². The lowest BCUT2D eigenvalue weighted by atomic mass is 10.2. The van der Waals surface area contributed by atoms with Crippen molar-refractivity contribution in [2.24, 2.45) is 0 Å². The third kappa shape index (κ3) is 4.49. The van der Waals surface area contributed by atoms with Crippen LogP contribution in [0.3, 0.4) is 0 Å². The number of nitrogens with zero attached hydrogens (tertiary/aromatic N) is 3. The molecule has 0 unspecified atom stereocenters. The minimum atomic E-state index is -3.71. The molecule has 138 valence electrons. The Morgan fingerprint density at radius 3 is 2.70 bits per heavy atom. The second-order valence-electron chi connectivity index (χ2n) is 5.60. The van der Waals surface area contributed by atoms with Crippen LogP contribution in [0.5, 0.6) is 0 Å². The fourth-order valence-electron chi connectivity index (χ4n) is 2.37. The van der Waals surface area contributed by atoms with Crippen LogP contribution in [-0.2, 0) is 21.4 Å². The SMILES string of the molecule is N#CCCNS(=O)(=O)c1ccc(C(=O)OCc2cn3ccccc3n2)cc1. The van der Waals surface area contributed by atoms with E-state index in [0.29, 0.717) is 5.69 Å². The predicted molar refractivity (Wildman–Crippen MR) is 96.2 cm³/mol. The quantitative estimate of drug-likeness (QED) is 0.491. The minimum Gasteiger partial charge on any atom is -0.456 e. The van der Waals surface area contributed by atoms with Crippen molar-refractivity contribution in [1.29, 1.82) is 5.26 Å². The summed E-state index contributed by atoms with van der Waals surface area (Å²) in [6.45, 7) is 0.0396. The highest BCUT2D eigenvalue weighted by atomic mass is 32.2. The molecule has 0 amide bonds. The summed E-state index contributed by atoms with van der Waals surface area (Å²) in [4.78, 5) is 16.5. The molecular weight excluding hydrogens is 368 g/mol. The van der Waals surface area contributed by atoms with Gasteiger partial charge in [-0.15, -0.1) is 0 Å². The molecule has 0 spiro atoms. The molecule has 0 radical (unpaired) electrons. The molecule has 0 aliphatic heterocycles. The van der Waals surface area contributed by atoms with Crippen LogP contribution in [0, 0.1) is 11.3 Å². The van der Waals surface area contributed by atoms with Gasteiger partial charge in [0.1, 0.15) is 12.3 Å². The van der Waals surface area contributed by atoms with Crippen molar-refractivity contribution in [2.45, 2.75) is 17.9 Å². The van der Waals surface area contributed by atoms with Crippen molar-refractivity contribution in [3.63, 3.8) is 0 Å². The second kappa shape index (κ2) is 7.99. The van der Waals surface area contributed by atoms with E-state index < -0.39 is 16.0 Å². The molecule has 8 nitrogen and oxygen atoms in total. The van der Waals surface area contributed by atoms with E-state index in [-0.39, 0.29) is 30.0 Å². The summed E-state index contributed by atoms with van der Waals surface area (Å²) in [7, 11) is -3.71.